The zero-order valence-electron chi connectivity index (χ0n) is 10.4. The fourth-order valence-electron chi connectivity index (χ4n) is 3.86. The van der Waals surface area contributed by atoms with Gasteiger partial charge in [-0.3, -0.25) is 0 Å². The maximum Gasteiger partial charge on any atom is 0.0131 e. The Morgan fingerprint density at radius 3 is 2.21 bits per heavy atom. The Balaban J connectivity index is 2.19. The zero-order chi connectivity index (χ0) is 10.6. The summed E-state index contributed by atoms with van der Waals surface area (Å²) in [4.78, 5) is 0. The molecule has 2 aliphatic rings. The van der Waals surface area contributed by atoms with Gasteiger partial charge < -0.3 is 5.32 Å². The second-order valence-corrected chi connectivity index (χ2v) is 6.48. The molecule has 0 saturated heterocycles. The summed E-state index contributed by atoms with van der Waals surface area (Å²) in [7, 11) is 0. The first-order chi connectivity index (χ1) is 6.38. The second-order valence-electron chi connectivity index (χ2n) is 6.48. The highest BCUT2D eigenvalue weighted by Gasteiger charge is 2.61. The van der Waals surface area contributed by atoms with Gasteiger partial charge in [0.1, 0.15) is 0 Å². The maximum absolute atomic E-state index is 3.77. The number of hydrogen-bond acceptors (Lipinski definition) is 1. The summed E-state index contributed by atoms with van der Waals surface area (Å²) in [5.41, 5.74) is 1.10. The van der Waals surface area contributed by atoms with Gasteiger partial charge in [-0.2, -0.15) is 0 Å². The summed E-state index contributed by atoms with van der Waals surface area (Å²) < 4.78 is 0. The fourth-order valence-corrected chi connectivity index (χ4v) is 3.86. The van der Waals surface area contributed by atoms with Crippen molar-refractivity contribution in [3.63, 3.8) is 0 Å². The van der Waals surface area contributed by atoms with Crippen molar-refractivity contribution >= 4 is 0 Å². The van der Waals surface area contributed by atoms with Gasteiger partial charge in [-0.05, 0) is 36.0 Å². The first-order valence-electron chi connectivity index (χ1n) is 6.14. The van der Waals surface area contributed by atoms with Crippen LogP contribution in [-0.4, -0.2) is 12.1 Å². The van der Waals surface area contributed by atoms with Gasteiger partial charge in [0.15, 0.2) is 0 Å². The monoisotopic (exact) mass is 195 g/mol. The molecule has 2 saturated carbocycles. The van der Waals surface area contributed by atoms with Crippen molar-refractivity contribution in [2.24, 2.45) is 16.7 Å². The Morgan fingerprint density at radius 2 is 1.86 bits per heavy atom. The quantitative estimate of drug-likeness (QED) is 0.713. The molecule has 2 fully saturated rings. The molecule has 0 aliphatic heterocycles. The predicted molar refractivity (Wildman–Crippen MR) is 61.3 cm³/mol. The highest BCUT2D eigenvalue weighted by atomic mass is 15.0. The third-order valence-corrected chi connectivity index (χ3v) is 5.33. The van der Waals surface area contributed by atoms with Crippen molar-refractivity contribution in [3.05, 3.63) is 0 Å². The lowest BCUT2D eigenvalue weighted by Crippen LogP contribution is -2.46. The average Bonchev–Trinajstić information content (AvgIpc) is 2.35. The molecule has 1 heteroatoms. The van der Waals surface area contributed by atoms with Gasteiger partial charge in [0.25, 0.3) is 0 Å². The molecule has 82 valence electrons. The van der Waals surface area contributed by atoms with Gasteiger partial charge in [-0.25, -0.2) is 0 Å². The summed E-state index contributed by atoms with van der Waals surface area (Å²) in [6, 6.07) is 1.39. The first kappa shape index (κ1) is 10.5. The third kappa shape index (κ3) is 1.18. The maximum atomic E-state index is 3.77. The lowest BCUT2D eigenvalue weighted by Gasteiger charge is -2.40. The van der Waals surface area contributed by atoms with Crippen LogP contribution in [0, 0.1) is 16.7 Å². The molecule has 2 rings (SSSR count). The van der Waals surface area contributed by atoms with Crippen molar-refractivity contribution in [2.75, 3.05) is 0 Å². The van der Waals surface area contributed by atoms with E-state index >= 15 is 0 Å². The van der Waals surface area contributed by atoms with E-state index in [9.17, 15) is 0 Å². The smallest absolute Gasteiger partial charge is 0.0131 e. The minimum Gasteiger partial charge on any atom is -0.311 e. The van der Waals surface area contributed by atoms with E-state index in [1.807, 2.05) is 0 Å². The van der Waals surface area contributed by atoms with Crippen molar-refractivity contribution in [1.29, 1.82) is 0 Å². The zero-order valence-corrected chi connectivity index (χ0v) is 10.4. The van der Waals surface area contributed by atoms with E-state index in [2.05, 4.69) is 39.9 Å². The van der Waals surface area contributed by atoms with Crippen LogP contribution in [0.15, 0.2) is 0 Å². The first-order valence-corrected chi connectivity index (χ1v) is 6.14. The van der Waals surface area contributed by atoms with Crippen LogP contribution >= 0.6 is 0 Å². The Morgan fingerprint density at radius 1 is 1.21 bits per heavy atom. The van der Waals surface area contributed by atoms with E-state index in [4.69, 9.17) is 0 Å². The van der Waals surface area contributed by atoms with Gasteiger partial charge >= 0.3 is 0 Å². The summed E-state index contributed by atoms with van der Waals surface area (Å²) >= 11 is 0. The minimum absolute atomic E-state index is 0.544. The molecule has 1 nitrogen and oxygen atoms in total. The summed E-state index contributed by atoms with van der Waals surface area (Å²) in [6.07, 6.45) is 4.29. The van der Waals surface area contributed by atoms with Gasteiger partial charge in [-0.15, -0.1) is 0 Å². The van der Waals surface area contributed by atoms with E-state index < -0.39 is 0 Å². The molecule has 0 spiro atoms. The molecule has 14 heavy (non-hydrogen) atoms. The standard InChI is InChI=1S/C13H25N/c1-9(2)14-11-8-10-6-7-13(11,5)12(10,3)4/h9-11,14H,6-8H2,1-5H3/t10-,11+,13+/m1/s1. The molecule has 0 heterocycles. The van der Waals surface area contributed by atoms with Crippen molar-refractivity contribution < 1.29 is 0 Å². The molecule has 0 radical (unpaired) electrons. The molecular formula is C13H25N. The predicted octanol–water partition coefficient (Wildman–Crippen LogP) is 3.20. The number of fused-ring (bicyclic) bond motifs is 2. The van der Waals surface area contributed by atoms with Gasteiger partial charge in [0, 0.05) is 12.1 Å². The highest BCUT2D eigenvalue weighted by Crippen LogP contribution is 2.65. The molecule has 0 amide bonds. The SMILES string of the molecule is CC(C)N[C@H]1C[C@H]2CC[C@]1(C)C2(C)C. The summed E-state index contributed by atoms with van der Waals surface area (Å²) in [5.74, 6) is 0.962. The molecule has 1 N–H and O–H groups in total. The van der Waals surface area contributed by atoms with Crippen molar-refractivity contribution in [2.45, 2.75) is 66.0 Å². The Hall–Kier alpha value is -0.0400. The van der Waals surface area contributed by atoms with Crippen LogP contribution in [0.25, 0.3) is 0 Å². The third-order valence-electron chi connectivity index (χ3n) is 5.33. The summed E-state index contributed by atoms with van der Waals surface area (Å²) in [5, 5.41) is 3.77. The molecular weight excluding hydrogens is 170 g/mol. The van der Waals surface area contributed by atoms with E-state index in [0.29, 0.717) is 16.9 Å². The fraction of sp³-hybridized carbons (Fsp3) is 1.00. The molecule has 0 aromatic heterocycles. The summed E-state index contributed by atoms with van der Waals surface area (Å²) in [6.45, 7) is 12.0. The van der Waals surface area contributed by atoms with Crippen LogP contribution < -0.4 is 5.32 Å². The van der Waals surface area contributed by atoms with E-state index in [-0.39, 0.29) is 0 Å². The van der Waals surface area contributed by atoms with Crippen LogP contribution in [0.1, 0.15) is 53.9 Å². The van der Waals surface area contributed by atoms with Crippen LogP contribution in [0.2, 0.25) is 0 Å². The lowest BCUT2D eigenvalue weighted by atomic mass is 9.69. The van der Waals surface area contributed by atoms with E-state index in [1.54, 1.807) is 0 Å². The molecule has 0 unspecified atom stereocenters. The molecule has 0 aromatic rings. The van der Waals surface area contributed by atoms with Crippen LogP contribution in [0.4, 0.5) is 0 Å². The topological polar surface area (TPSA) is 12.0 Å². The Kier molecular flexibility index (Phi) is 2.23. The van der Waals surface area contributed by atoms with E-state index in [1.165, 1.54) is 19.3 Å². The highest BCUT2D eigenvalue weighted by molar-refractivity contribution is 5.13. The minimum atomic E-state index is 0.544. The molecule has 2 aliphatic carbocycles. The lowest BCUT2D eigenvalue weighted by molar-refractivity contribution is 0.117. The van der Waals surface area contributed by atoms with Gasteiger partial charge in [-0.1, -0.05) is 34.6 Å². The second kappa shape index (κ2) is 2.98. The number of nitrogens with one attached hydrogen (secondary N) is 1. The van der Waals surface area contributed by atoms with Crippen LogP contribution in [0.5, 0.6) is 0 Å². The van der Waals surface area contributed by atoms with Crippen molar-refractivity contribution in [3.8, 4) is 0 Å². The van der Waals surface area contributed by atoms with E-state index in [0.717, 1.165) is 12.0 Å². The Bertz CT molecular complexity index is 231. The van der Waals surface area contributed by atoms with Crippen LogP contribution in [-0.2, 0) is 0 Å². The van der Waals surface area contributed by atoms with Gasteiger partial charge in [0.05, 0.1) is 0 Å². The van der Waals surface area contributed by atoms with Crippen molar-refractivity contribution in [1.82, 2.24) is 5.32 Å². The number of rotatable bonds is 2. The molecule has 3 atom stereocenters. The molecule has 2 bridgehead atoms. The van der Waals surface area contributed by atoms with Crippen LogP contribution in [0.3, 0.4) is 0 Å². The Labute approximate surface area is 88.7 Å². The average molecular weight is 195 g/mol. The largest absolute Gasteiger partial charge is 0.311 e. The van der Waals surface area contributed by atoms with Gasteiger partial charge in [0.2, 0.25) is 0 Å². The number of hydrogen-bond donors (Lipinski definition) is 1. The molecule has 0 aromatic carbocycles. The normalized spacial score (nSPS) is 45.0.